The summed E-state index contributed by atoms with van der Waals surface area (Å²) in [4.78, 5) is 0. The van der Waals surface area contributed by atoms with Gasteiger partial charge >= 0.3 is 0 Å². The Hall–Kier alpha value is -1.56. The maximum Gasteiger partial charge on any atom is -0.0149 e. The molecule has 80 valence electrons. The molecule has 0 nitrogen and oxygen atoms in total. The summed E-state index contributed by atoms with van der Waals surface area (Å²) >= 11 is 0. The Bertz CT molecular complexity index is 498. The van der Waals surface area contributed by atoms with Crippen LogP contribution in [-0.4, -0.2) is 0 Å². The summed E-state index contributed by atoms with van der Waals surface area (Å²) in [6.45, 7) is 4.34. The van der Waals surface area contributed by atoms with E-state index in [1.807, 2.05) is 0 Å². The number of rotatable bonds is 0. The number of fused-ring (bicyclic) bond motifs is 3. The topological polar surface area (TPSA) is 0 Å². The fourth-order valence-corrected chi connectivity index (χ4v) is 2.65. The lowest BCUT2D eigenvalue weighted by Gasteiger charge is -2.20. The van der Waals surface area contributed by atoms with E-state index in [1.54, 1.807) is 0 Å². The van der Waals surface area contributed by atoms with E-state index in [0.717, 1.165) is 0 Å². The molecule has 0 amide bonds. The molecule has 2 aromatic rings. The largest absolute Gasteiger partial charge is 0.0587 e. The van der Waals surface area contributed by atoms with Crippen molar-refractivity contribution in [3.8, 4) is 11.1 Å². The van der Waals surface area contributed by atoms with Crippen molar-refractivity contribution in [3.05, 3.63) is 58.7 Å². The average Bonchev–Trinajstić information content (AvgIpc) is 2.28. The van der Waals surface area contributed by atoms with Gasteiger partial charge in [-0.15, -0.1) is 0 Å². The van der Waals surface area contributed by atoms with Crippen LogP contribution in [0.25, 0.3) is 11.1 Å². The molecule has 0 N–H and O–H groups in total. The molecule has 3 rings (SSSR count). The van der Waals surface area contributed by atoms with E-state index in [4.69, 9.17) is 0 Å². The van der Waals surface area contributed by atoms with Crippen LogP contribution in [-0.2, 0) is 12.8 Å². The molecule has 0 atom stereocenters. The van der Waals surface area contributed by atoms with Gasteiger partial charge in [-0.2, -0.15) is 0 Å². The summed E-state index contributed by atoms with van der Waals surface area (Å²) in [6.07, 6.45) is 2.38. The molecular formula is C16H16. The maximum atomic E-state index is 2.33. The van der Waals surface area contributed by atoms with Crippen molar-refractivity contribution >= 4 is 0 Å². The number of aryl methyl sites for hydroxylation is 4. The van der Waals surface area contributed by atoms with Gasteiger partial charge in [-0.05, 0) is 48.9 Å². The van der Waals surface area contributed by atoms with Crippen molar-refractivity contribution in [1.29, 1.82) is 0 Å². The fourth-order valence-electron chi connectivity index (χ4n) is 2.65. The zero-order valence-corrected chi connectivity index (χ0v) is 9.88. The summed E-state index contributed by atoms with van der Waals surface area (Å²) in [5, 5.41) is 0. The van der Waals surface area contributed by atoms with Crippen LogP contribution in [0.2, 0.25) is 0 Å². The summed E-state index contributed by atoms with van der Waals surface area (Å²) in [6, 6.07) is 13.6. The summed E-state index contributed by atoms with van der Waals surface area (Å²) < 4.78 is 0. The third-order valence-electron chi connectivity index (χ3n) is 3.48. The van der Waals surface area contributed by atoms with Gasteiger partial charge < -0.3 is 0 Å². The molecule has 0 heteroatoms. The molecule has 0 unspecified atom stereocenters. The minimum absolute atomic E-state index is 1.19. The van der Waals surface area contributed by atoms with Crippen LogP contribution in [0.1, 0.15) is 22.3 Å². The van der Waals surface area contributed by atoms with Crippen LogP contribution in [0.3, 0.4) is 0 Å². The minimum Gasteiger partial charge on any atom is -0.0587 e. The van der Waals surface area contributed by atoms with Gasteiger partial charge in [0.1, 0.15) is 0 Å². The Balaban J connectivity index is 2.23. The first-order valence-corrected chi connectivity index (χ1v) is 5.93. The van der Waals surface area contributed by atoms with Gasteiger partial charge in [-0.3, -0.25) is 0 Å². The monoisotopic (exact) mass is 208 g/mol. The molecule has 0 aromatic heterocycles. The molecule has 0 heterocycles. The van der Waals surface area contributed by atoms with E-state index < -0.39 is 0 Å². The second kappa shape index (κ2) is 3.48. The molecule has 0 radical (unpaired) electrons. The third kappa shape index (κ3) is 1.46. The molecule has 0 saturated heterocycles. The summed E-state index contributed by atoms with van der Waals surface area (Å²) in [5.74, 6) is 0. The van der Waals surface area contributed by atoms with Crippen molar-refractivity contribution in [1.82, 2.24) is 0 Å². The lowest BCUT2D eigenvalue weighted by Crippen LogP contribution is -2.04. The van der Waals surface area contributed by atoms with E-state index in [0.29, 0.717) is 0 Å². The molecular weight excluding hydrogens is 192 g/mol. The van der Waals surface area contributed by atoms with E-state index in [1.165, 1.54) is 46.2 Å². The highest BCUT2D eigenvalue weighted by atomic mass is 14.2. The van der Waals surface area contributed by atoms with Gasteiger partial charge in [0.15, 0.2) is 0 Å². The molecule has 1 aliphatic rings. The van der Waals surface area contributed by atoms with Crippen molar-refractivity contribution in [2.45, 2.75) is 26.7 Å². The Kier molecular flexibility index (Phi) is 2.10. The lowest BCUT2D eigenvalue weighted by atomic mass is 9.84. The van der Waals surface area contributed by atoms with Crippen LogP contribution in [0.15, 0.2) is 36.4 Å². The summed E-state index contributed by atoms with van der Waals surface area (Å²) in [7, 11) is 0. The van der Waals surface area contributed by atoms with Gasteiger partial charge in [0.2, 0.25) is 0 Å². The summed E-state index contributed by atoms with van der Waals surface area (Å²) in [5.41, 5.74) is 8.63. The SMILES string of the molecule is Cc1ccc2c(c1)CCc1cc(C)ccc1-2. The van der Waals surface area contributed by atoms with Gasteiger partial charge in [0.25, 0.3) is 0 Å². The first-order valence-electron chi connectivity index (χ1n) is 5.93. The van der Waals surface area contributed by atoms with Gasteiger partial charge in [0.05, 0.1) is 0 Å². The van der Waals surface area contributed by atoms with Crippen LogP contribution in [0, 0.1) is 13.8 Å². The van der Waals surface area contributed by atoms with Crippen LogP contribution < -0.4 is 0 Å². The smallest absolute Gasteiger partial charge is 0.0149 e. The highest BCUT2D eigenvalue weighted by molar-refractivity contribution is 5.73. The number of benzene rings is 2. The molecule has 16 heavy (non-hydrogen) atoms. The second-order valence-corrected chi connectivity index (χ2v) is 4.82. The Morgan fingerprint density at radius 2 is 1.12 bits per heavy atom. The van der Waals surface area contributed by atoms with Crippen LogP contribution in [0.4, 0.5) is 0 Å². The standard InChI is InChI=1S/C16H16/c1-11-3-7-15-13(9-11)5-6-14-10-12(2)4-8-16(14)15/h3-4,7-10H,5-6H2,1-2H3. The predicted molar refractivity (Wildman–Crippen MR) is 68.8 cm³/mol. The second-order valence-electron chi connectivity index (χ2n) is 4.82. The Labute approximate surface area is 96.9 Å². The maximum absolute atomic E-state index is 2.33. The number of hydrogen-bond donors (Lipinski definition) is 0. The highest BCUT2D eigenvalue weighted by Crippen LogP contribution is 2.34. The zero-order chi connectivity index (χ0) is 11.1. The first-order chi connectivity index (χ1) is 7.74. The average molecular weight is 208 g/mol. The Morgan fingerprint density at radius 1 is 0.688 bits per heavy atom. The minimum atomic E-state index is 1.19. The van der Waals surface area contributed by atoms with Crippen LogP contribution in [0.5, 0.6) is 0 Å². The normalized spacial score (nSPS) is 13.1. The van der Waals surface area contributed by atoms with Crippen molar-refractivity contribution in [2.75, 3.05) is 0 Å². The van der Waals surface area contributed by atoms with Crippen molar-refractivity contribution in [2.24, 2.45) is 0 Å². The van der Waals surface area contributed by atoms with Gasteiger partial charge in [-0.25, -0.2) is 0 Å². The first kappa shape index (κ1) is 9.65. The predicted octanol–water partition coefficient (Wildman–Crippen LogP) is 4.07. The molecule has 0 fully saturated rings. The number of hydrogen-bond acceptors (Lipinski definition) is 0. The van der Waals surface area contributed by atoms with E-state index in [9.17, 15) is 0 Å². The quantitative estimate of drug-likeness (QED) is 0.612. The van der Waals surface area contributed by atoms with Crippen molar-refractivity contribution < 1.29 is 0 Å². The Morgan fingerprint density at radius 3 is 1.56 bits per heavy atom. The van der Waals surface area contributed by atoms with E-state index in [-0.39, 0.29) is 0 Å². The van der Waals surface area contributed by atoms with Gasteiger partial charge in [-0.1, -0.05) is 47.5 Å². The molecule has 0 bridgehead atoms. The van der Waals surface area contributed by atoms with E-state index in [2.05, 4.69) is 50.2 Å². The van der Waals surface area contributed by atoms with Crippen molar-refractivity contribution in [3.63, 3.8) is 0 Å². The van der Waals surface area contributed by atoms with Crippen LogP contribution >= 0.6 is 0 Å². The molecule has 0 spiro atoms. The van der Waals surface area contributed by atoms with Gasteiger partial charge in [0, 0.05) is 0 Å². The highest BCUT2D eigenvalue weighted by Gasteiger charge is 2.15. The van der Waals surface area contributed by atoms with E-state index >= 15 is 0 Å². The fraction of sp³-hybridized carbons (Fsp3) is 0.250. The molecule has 0 saturated carbocycles. The molecule has 2 aromatic carbocycles. The third-order valence-corrected chi connectivity index (χ3v) is 3.48. The molecule has 0 aliphatic heterocycles. The lowest BCUT2D eigenvalue weighted by molar-refractivity contribution is 0.937. The molecule has 1 aliphatic carbocycles. The zero-order valence-electron chi connectivity index (χ0n) is 9.88.